The maximum atomic E-state index is 11.2. The van der Waals surface area contributed by atoms with Gasteiger partial charge in [0.05, 0.1) is 31.2 Å². The lowest BCUT2D eigenvalue weighted by atomic mass is 9.96. The highest BCUT2D eigenvalue weighted by molar-refractivity contribution is 7.46. The molecule has 2 aromatic heterocycles. The summed E-state index contributed by atoms with van der Waals surface area (Å²) in [6.45, 7) is -0.859. The van der Waals surface area contributed by atoms with Crippen LogP contribution in [0.5, 0.6) is 0 Å². The van der Waals surface area contributed by atoms with Gasteiger partial charge in [-0.05, 0) is 5.56 Å². The average Bonchev–Trinajstić information content (AvgIpc) is 3.30. The fourth-order valence-corrected chi connectivity index (χ4v) is 4.31. The molecule has 0 aliphatic carbocycles. The molecule has 5 atom stereocenters. The van der Waals surface area contributed by atoms with Crippen LogP contribution in [0.2, 0.25) is 0 Å². The monoisotopic (exact) mass is 452 g/mol. The summed E-state index contributed by atoms with van der Waals surface area (Å²) in [5.74, 6) is -0.472. The molecule has 166 valence electrons. The van der Waals surface area contributed by atoms with Crippen LogP contribution in [0, 0.1) is 0 Å². The van der Waals surface area contributed by atoms with Gasteiger partial charge in [0.15, 0.2) is 11.9 Å². The Morgan fingerprint density at radius 2 is 1.90 bits per heavy atom. The number of aliphatic hydroxyl groups is 3. The van der Waals surface area contributed by atoms with Crippen LogP contribution < -0.4 is 0 Å². The summed E-state index contributed by atoms with van der Waals surface area (Å²) < 4.78 is 22.8. The van der Waals surface area contributed by atoms with Crippen LogP contribution in [0.1, 0.15) is 23.4 Å². The lowest BCUT2D eigenvalue weighted by Gasteiger charge is -2.20. The van der Waals surface area contributed by atoms with Gasteiger partial charge in [-0.25, -0.2) is 19.5 Å². The molecule has 0 amide bonds. The van der Waals surface area contributed by atoms with E-state index in [1.54, 1.807) is 0 Å². The standard InChI is InChI=1S/C18H21N4O8P/c23-6-11(10-4-2-1-3-5-10)13-14-17(20-8-19-13)22(9-21-14)18-15(25)16(12(7-24)29-18)30-31(26,27)28/h1-5,8-9,11-12,15-16,18,23-25H,6-7H2,(H2,26,27,28)/t11?,12-,15-,16-,18-/m1/s1. The molecule has 1 aliphatic heterocycles. The molecule has 12 nitrogen and oxygen atoms in total. The second-order valence-electron chi connectivity index (χ2n) is 7.03. The third kappa shape index (κ3) is 4.25. The average molecular weight is 452 g/mol. The fourth-order valence-electron chi connectivity index (χ4n) is 3.73. The number of phosphoric ester groups is 1. The van der Waals surface area contributed by atoms with Crippen molar-refractivity contribution in [1.29, 1.82) is 0 Å². The molecule has 31 heavy (non-hydrogen) atoms. The second-order valence-corrected chi connectivity index (χ2v) is 8.22. The lowest BCUT2D eigenvalue weighted by molar-refractivity contribution is -0.0509. The smallest absolute Gasteiger partial charge is 0.395 e. The summed E-state index contributed by atoms with van der Waals surface area (Å²) in [5.41, 5.74) is 1.93. The number of hydrogen-bond donors (Lipinski definition) is 5. The van der Waals surface area contributed by atoms with Gasteiger partial charge in [0.1, 0.15) is 30.2 Å². The number of phosphoric acid groups is 1. The number of ether oxygens (including phenoxy) is 1. The quantitative estimate of drug-likeness (QED) is 0.296. The highest BCUT2D eigenvalue weighted by atomic mass is 31.2. The molecule has 3 aromatic rings. The van der Waals surface area contributed by atoms with Crippen LogP contribution in [-0.2, 0) is 13.8 Å². The fraction of sp³-hybridized carbons (Fsp3) is 0.389. The van der Waals surface area contributed by atoms with E-state index in [-0.39, 0.29) is 12.3 Å². The Morgan fingerprint density at radius 3 is 2.55 bits per heavy atom. The lowest BCUT2D eigenvalue weighted by Crippen LogP contribution is -2.35. The molecule has 4 rings (SSSR count). The van der Waals surface area contributed by atoms with E-state index in [1.165, 1.54) is 17.2 Å². The predicted molar refractivity (Wildman–Crippen MR) is 105 cm³/mol. The summed E-state index contributed by atoms with van der Waals surface area (Å²) in [7, 11) is -4.94. The third-order valence-corrected chi connectivity index (χ3v) is 5.64. The van der Waals surface area contributed by atoms with Crippen molar-refractivity contribution in [3.05, 3.63) is 54.2 Å². The van der Waals surface area contributed by atoms with E-state index in [1.807, 2.05) is 30.3 Å². The van der Waals surface area contributed by atoms with E-state index in [2.05, 4.69) is 19.5 Å². The first-order valence-electron chi connectivity index (χ1n) is 9.35. The van der Waals surface area contributed by atoms with E-state index >= 15 is 0 Å². The van der Waals surface area contributed by atoms with Gasteiger partial charge in [-0.3, -0.25) is 9.09 Å². The zero-order valence-corrected chi connectivity index (χ0v) is 16.9. The van der Waals surface area contributed by atoms with Crippen LogP contribution in [0.25, 0.3) is 11.2 Å². The number of benzene rings is 1. The Morgan fingerprint density at radius 1 is 1.16 bits per heavy atom. The van der Waals surface area contributed by atoms with E-state index in [9.17, 15) is 19.9 Å². The highest BCUT2D eigenvalue weighted by Crippen LogP contribution is 2.44. The van der Waals surface area contributed by atoms with Crippen LogP contribution in [0.3, 0.4) is 0 Å². The van der Waals surface area contributed by atoms with Crippen molar-refractivity contribution in [2.24, 2.45) is 0 Å². The zero-order valence-electron chi connectivity index (χ0n) is 16.0. The van der Waals surface area contributed by atoms with E-state index < -0.39 is 44.9 Å². The van der Waals surface area contributed by atoms with Crippen LogP contribution in [-0.4, -0.2) is 76.2 Å². The molecule has 5 N–H and O–H groups in total. The minimum absolute atomic E-state index is 0.226. The van der Waals surface area contributed by atoms with Crippen molar-refractivity contribution < 1.29 is 38.9 Å². The number of aromatic nitrogens is 4. The van der Waals surface area contributed by atoms with Gasteiger partial charge in [-0.1, -0.05) is 30.3 Å². The minimum atomic E-state index is -4.94. The summed E-state index contributed by atoms with van der Waals surface area (Å²) in [6.07, 6.45) is -2.72. The van der Waals surface area contributed by atoms with Crippen LogP contribution >= 0.6 is 7.82 Å². The van der Waals surface area contributed by atoms with Crippen molar-refractivity contribution in [1.82, 2.24) is 19.5 Å². The third-order valence-electron chi connectivity index (χ3n) is 5.12. The topological polar surface area (TPSA) is 180 Å². The summed E-state index contributed by atoms with van der Waals surface area (Å²) in [5, 5.41) is 30.1. The molecule has 1 aromatic carbocycles. The molecule has 13 heteroatoms. The molecule has 1 fully saturated rings. The van der Waals surface area contributed by atoms with Gasteiger partial charge in [0.2, 0.25) is 0 Å². The largest absolute Gasteiger partial charge is 0.470 e. The summed E-state index contributed by atoms with van der Waals surface area (Å²) in [4.78, 5) is 31.0. The van der Waals surface area contributed by atoms with Crippen molar-refractivity contribution in [3.63, 3.8) is 0 Å². The molecule has 0 spiro atoms. The van der Waals surface area contributed by atoms with Crippen LogP contribution in [0.15, 0.2) is 43.0 Å². The van der Waals surface area contributed by atoms with E-state index in [4.69, 9.17) is 14.5 Å². The van der Waals surface area contributed by atoms with E-state index in [0.717, 1.165) is 5.56 Å². The predicted octanol–water partition coefficient (Wildman–Crippen LogP) is -0.321. The Labute approximate surface area is 176 Å². The Hall–Kier alpha value is -2.28. The number of fused-ring (bicyclic) bond motifs is 1. The Balaban J connectivity index is 1.72. The van der Waals surface area contributed by atoms with Gasteiger partial charge in [-0.2, -0.15) is 0 Å². The van der Waals surface area contributed by atoms with E-state index in [0.29, 0.717) is 11.2 Å². The van der Waals surface area contributed by atoms with Gasteiger partial charge in [0.25, 0.3) is 0 Å². The minimum Gasteiger partial charge on any atom is -0.395 e. The SMILES string of the molecule is O=P(O)(O)O[C@H]1[C@@H](O)[C@H](n2cnc3c(C(CO)c4ccccc4)ncnc32)O[C@@H]1CO. The molecule has 3 heterocycles. The first-order valence-corrected chi connectivity index (χ1v) is 10.9. The molecule has 0 radical (unpaired) electrons. The van der Waals surface area contributed by atoms with Gasteiger partial charge >= 0.3 is 7.82 Å². The van der Waals surface area contributed by atoms with Crippen LogP contribution in [0.4, 0.5) is 0 Å². The Bertz CT molecular complexity index is 1090. The van der Waals surface area contributed by atoms with Crippen molar-refractivity contribution in [2.45, 2.75) is 30.5 Å². The molecule has 1 saturated heterocycles. The Kier molecular flexibility index (Phi) is 6.15. The zero-order chi connectivity index (χ0) is 22.2. The number of hydrogen-bond acceptors (Lipinski definition) is 9. The maximum absolute atomic E-state index is 11.2. The molecular formula is C18H21N4O8P. The first-order chi connectivity index (χ1) is 14.8. The summed E-state index contributed by atoms with van der Waals surface area (Å²) in [6, 6.07) is 9.24. The summed E-state index contributed by atoms with van der Waals surface area (Å²) >= 11 is 0. The van der Waals surface area contributed by atoms with Gasteiger partial charge in [0, 0.05) is 0 Å². The second kappa shape index (κ2) is 8.69. The maximum Gasteiger partial charge on any atom is 0.470 e. The van der Waals surface area contributed by atoms with Crippen molar-refractivity contribution in [3.8, 4) is 0 Å². The van der Waals surface area contributed by atoms with Gasteiger partial charge in [-0.15, -0.1) is 0 Å². The van der Waals surface area contributed by atoms with Crippen molar-refractivity contribution >= 4 is 19.0 Å². The molecule has 0 bridgehead atoms. The molecule has 1 aliphatic rings. The first kappa shape index (κ1) is 21.9. The number of aliphatic hydroxyl groups excluding tert-OH is 3. The number of nitrogens with zero attached hydrogens (tertiary/aromatic N) is 4. The highest BCUT2D eigenvalue weighted by Gasteiger charge is 2.48. The molecule has 0 saturated carbocycles. The molecule has 1 unspecified atom stereocenters. The number of rotatable bonds is 7. The normalized spacial score (nSPS) is 25.2. The number of imidazole rings is 1. The molecular weight excluding hydrogens is 431 g/mol. The van der Waals surface area contributed by atoms with Gasteiger partial charge < -0.3 is 29.8 Å². The van der Waals surface area contributed by atoms with Crippen molar-refractivity contribution in [2.75, 3.05) is 13.2 Å².